The van der Waals surface area contributed by atoms with Crippen molar-refractivity contribution in [3.63, 3.8) is 0 Å². The van der Waals surface area contributed by atoms with Gasteiger partial charge in [-0.05, 0) is 18.4 Å². The summed E-state index contributed by atoms with van der Waals surface area (Å²) in [6.45, 7) is 7.76. The van der Waals surface area contributed by atoms with Gasteiger partial charge in [-0.2, -0.15) is 0 Å². The lowest BCUT2D eigenvalue weighted by Gasteiger charge is -2.31. The average molecular weight is 213 g/mol. The number of carbonyl (C=O) groups excluding carboxylic acids is 1. The second-order valence-corrected chi connectivity index (χ2v) is 4.91. The van der Waals surface area contributed by atoms with Crippen molar-refractivity contribution in [2.45, 2.75) is 33.2 Å². The van der Waals surface area contributed by atoms with Gasteiger partial charge in [0.1, 0.15) is 0 Å². The zero-order valence-corrected chi connectivity index (χ0v) is 10.2. The van der Waals surface area contributed by atoms with Crippen LogP contribution in [0.3, 0.4) is 0 Å². The Morgan fingerprint density at radius 1 is 1.47 bits per heavy atom. The Hall–Kier alpha value is -0.610. The predicted octanol–water partition coefficient (Wildman–Crippen LogP) is 0.685. The minimum atomic E-state index is 0.233. The highest BCUT2D eigenvalue weighted by molar-refractivity contribution is 5.78. The van der Waals surface area contributed by atoms with Crippen LogP contribution >= 0.6 is 0 Å². The highest BCUT2D eigenvalue weighted by Gasteiger charge is 2.36. The van der Waals surface area contributed by atoms with Gasteiger partial charge < -0.3 is 5.73 Å². The van der Waals surface area contributed by atoms with Crippen LogP contribution in [0.2, 0.25) is 0 Å². The van der Waals surface area contributed by atoms with Crippen LogP contribution in [0, 0.1) is 11.8 Å². The molecule has 88 valence electrons. The summed E-state index contributed by atoms with van der Waals surface area (Å²) in [6, 6.07) is 0.350. The topological polar surface area (TPSA) is 49.6 Å². The lowest BCUT2D eigenvalue weighted by atomic mass is 10.0. The SMILES string of the molecule is CC(CN)CN1C(=O)CC(C(C)C)N1C. The van der Waals surface area contributed by atoms with Crippen LogP contribution in [0.25, 0.3) is 0 Å². The van der Waals surface area contributed by atoms with E-state index in [-0.39, 0.29) is 5.91 Å². The lowest BCUT2D eigenvalue weighted by molar-refractivity contribution is -0.138. The molecular formula is C11H23N3O. The predicted molar refractivity (Wildman–Crippen MR) is 60.9 cm³/mol. The highest BCUT2D eigenvalue weighted by atomic mass is 16.2. The third-order valence-corrected chi connectivity index (χ3v) is 3.19. The van der Waals surface area contributed by atoms with Gasteiger partial charge in [-0.25, -0.2) is 5.01 Å². The first-order chi connectivity index (χ1) is 6.97. The maximum absolute atomic E-state index is 11.8. The molecule has 1 amide bonds. The molecule has 2 atom stereocenters. The fraction of sp³-hybridized carbons (Fsp3) is 0.909. The van der Waals surface area contributed by atoms with Crippen molar-refractivity contribution in [3.05, 3.63) is 0 Å². The lowest BCUT2D eigenvalue weighted by Crippen LogP contribution is -2.44. The van der Waals surface area contributed by atoms with Crippen molar-refractivity contribution in [2.24, 2.45) is 17.6 Å². The molecule has 2 unspecified atom stereocenters. The van der Waals surface area contributed by atoms with Gasteiger partial charge in [-0.3, -0.25) is 9.80 Å². The summed E-state index contributed by atoms with van der Waals surface area (Å²) >= 11 is 0. The van der Waals surface area contributed by atoms with Crippen molar-refractivity contribution in [2.75, 3.05) is 20.1 Å². The van der Waals surface area contributed by atoms with Crippen molar-refractivity contribution in [1.29, 1.82) is 0 Å². The molecule has 0 aromatic heterocycles. The molecule has 2 N–H and O–H groups in total. The summed E-state index contributed by atoms with van der Waals surface area (Å²) in [5.41, 5.74) is 5.58. The molecule has 1 aliphatic heterocycles. The summed E-state index contributed by atoms with van der Waals surface area (Å²) in [4.78, 5) is 11.8. The third-order valence-electron chi connectivity index (χ3n) is 3.19. The Morgan fingerprint density at radius 2 is 2.07 bits per heavy atom. The zero-order valence-electron chi connectivity index (χ0n) is 10.2. The number of hydrogen-bond donors (Lipinski definition) is 1. The Kier molecular flexibility index (Phi) is 4.11. The highest BCUT2D eigenvalue weighted by Crippen LogP contribution is 2.24. The van der Waals surface area contributed by atoms with Crippen LogP contribution < -0.4 is 5.73 Å². The molecule has 1 saturated heterocycles. The molecule has 1 rings (SSSR count). The van der Waals surface area contributed by atoms with Gasteiger partial charge >= 0.3 is 0 Å². The maximum atomic E-state index is 11.8. The Bertz CT molecular complexity index is 230. The van der Waals surface area contributed by atoms with Gasteiger partial charge in [-0.1, -0.05) is 20.8 Å². The van der Waals surface area contributed by atoms with E-state index < -0.39 is 0 Å². The molecule has 0 bridgehead atoms. The first-order valence-electron chi connectivity index (χ1n) is 5.70. The fourth-order valence-electron chi connectivity index (χ4n) is 2.04. The van der Waals surface area contributed by atoms with E-state index in [0.717, 1.165) is 6.54 Å². The number of hydrogen-bond acceptors (Lipinski definition) is 3. The third kappa shape index (κ3) is 2.69. The van der Waals surface area contributed by atoms with Crippen molar-refractivity contribution < 1.29 is 4.79 Å². The van der Waals surface area contributed by atoms with Crippen molar-refractivity contribution >= 4 is 5.91 Å². The molecule has 0 radical (unpaired) electrons. The van der Waals surface area contributed by atoms with E-state index in [1.165, 1.54) is 0 Å². The standard InChI is InChI=1S/C11H23N3O/c1-8(2)10-5-11(15)14(13(10)4)7-9(3)6-12/h8-10H,5-7,12H2,1-4H3. The number of rotatable bonds is 4. The summed E-state index contributed by atoms with van der Waals surface area (Å²) < 4.78 is 0. The van der Waals surface area contributed by atoms with Crippen LogP contribution in [0.5, 0.6) is 0 Å². The zero-order chi connectivity index (χ0) is 11.6. The molecule has 15 heavy (non-hydrogen) atoms. The van der Waals surface area contributed by atoms with E-state index >= 15 is 0 Å². The number of nitrogens with zero attached hydrogens (tertiary/aromatic N) is 2. The Morgan fingerprint density at radius 3 is 2.47 bits per heavy atom. The van der Waals surface area contributed by atoms with E-state index in [4.69, 9.17) is 5.73 Å². The maximum Gasteiger partial charge on any atom is 0.238 e. The summed E-state index contributed by atoms with van der Waals surface area (Å²) in [6.07, 6.45) is 0.644. The largest absolute Gasteiger partial charge is 0.330 e. The summed E-state index contributed by atoms with van der Waals surface area (Å²) in [7, 11) is 2.00. The van der Waals surface area contributed by atoms with Gasteiger partial charge in [-0.15, -0.1) is 0 Å². The van der Waals surface area contributed by atoms with Gasteiger partial charge in [0.25, 0.3) is 0 Å². The first-order valence-corrected chi connectivity index (χ1v) is 5.70. The summed E-state index contributed by atoms with van der Waals surface area (Å²) in [5, 5.41) is 3.93. The van der Waals surface area contributed by atoms with E-state index in [2.05, 4.69) is 25.8 Å². The van der Waals surface area contributed by atoms with Gasteiger partial charge in [0.2, 0.25) is 5.91 Å². The smallest absolute Gasteiger partial charge is 0.238 e. The Balaban J connectivity index is 2.62. The van der Waals surface area contributed by atoms with E-state index in [1.807, 2.05) is 12.1 Å². The molecule has 0 aliphatic carbocycles. The molecular weight excluding hydrogens is 190 g/mol. The molecule has 4 nitrogen and oxygen atoms in total. The van der Waals surface area contributed by atoms with Crippen LogP contribution in [0.15, 0.2) is 0 Å². The van der Waals surface area contributed by atoms with E-state index in [1.54, 1.807) is 0 Å². The molecule has 0 aromatic carbocycles. The quantitative estimate of drug-likeness (QED) is 0.747. The van der Waals surface area contributed by atoms with Crippen LogP contribution in [0.1, 0.15) is 27.2 Å². The van der Waals surface area contributed by atoms with Crippen molar-refractivity contribution in [1.82, 2.24) is 10.0 Å². The number of amides is 1. The molecule has 1 fully saturated rings. The fourth-order valence-corrected chi connectivity index (χ4v) is 2.04. The molecule has 0 spiro atoms. The van der Waals surface area contributed by atoms with Crippen LogP contribution in [-0.4, -0.2) is 42.1 Å². The second kappa shape index (κ2) is 4.94. The summed E-state index contributed by atoms with van der Waals surface area (Å²) in [5.74, 6) is 1.11. The number of hydrazine groups is 1. The van der Waals surface area contributed by atoms with E-state index in [9.17, 15) is 4.79 Å². The molecule has 4 heteroatoms. The Labute approximate surface area is 92.4 Å². The minimum absolute atomic E-state index is 0.233. The van der Waals surface area contributed by atoms with Gasteiger partial charge in [0.05, 0.1) is 0 Å². The van der Waals surface area contributed by atoms with Crippen molar-refractivity contribution in [3.8, 4) is 0 Å². The number of nitrogens with two attached hydrogens (primary N) is 1. The van der Waals surface area contributed by atoms with Gasteiger partial charge in [0, 0.05) is 26.1 Å². The molecule has 1 heterocycles. The minimum Gasteiger partial charge on any atom is -0.330 e. The second-order valence-electron chi connectivity index (χ2n) is 4.91. The van der Waals surface area contributed by atoms with E-state index in [0.29, 0.717) is 30.8 Å². The van der Waals surface area contributed by atoms with Crippen LogP contribution in [-0.2, 0) is 4.79 Å². The average Bonchev–Trinajstić information content (AvgIpc) is 2.45. The first kappa shape index (κ1) is 12.5. The molecule has 0 saturated carbocycles. The normalized spacial score (nSPS) is 25.3. The molecule has 0 aromatic rings. The molecule has 1 aliphatic rings. The van der Waals surface area contributed by atoms with Crippen LogP contribution in [0.4, 0.5) is 0 Å². The number of carbonyl (C=O) groups is 1. The van der Waals surface area contributed by atoms with Gasteiger partial charge in [0.15, 0.2) is 0 Å². The monoisotopic (exact) mass is 213 g/mol.